The predicted molar refractivity (Wildman–Crippen MR) is 136 cm³/mol. The van der Waals surface area contributed by atoms with Crippen LogP contribution < -0.4 is 15.0 Å². The molecule has 182 valence electrons. The Morgan fingerprint density at radius 3 is 2.43 bits per heavy atom. The van der Waals surface area contributed by atoms with Crippen LogP contribution in [0, 0.1) is 0 Å². The van der Waals surface area contributed by atoms with E-state index in [2.05, 4.69) is 10.2 Å². The van der Waals surface area contributed by atoms with Crippen LogP contribution in [-0.4, -0.2) is 62.6 Å². The standard InChI is InChI=1S/C25H24ClN3O5S/c1-33-19-7-5-18(6-8-19)28-10-12-29(13-11-28)23(30)16-34-25(32)20-9-4-17(26)15-21(20)27-24(31)22-3-2-14-35-22/h2-9,14-15H,10-13,16H2,1H3,(H,27,31). The van der Waals surface area contributed by atoms with Crippen molar-refractivity contribution in [2.75, 3.05) is 50.1 Å². The lowest BCUT2D eigenvalue weighted by molar-refractivity contribution is -0.134. The highest BCUT2D eigenvalue weighted by Gasteiger charge is 2.23. The summed E-state index contributed by atoms with van der Waals surface area (Å²) in [6.07, 6.45) is 0. The van der Waals surface area contributed by atoms with Crippen LogP contribution in [0.2, 0.25) is 5.02 Å². The van der Waals surface area contributed by atoms with Crippen LogP contribution in [0.3, 0.4) is 0 Å². The molecule has 35 heavy (non-hydrogen) atoms. The first-order chi connectivity index (χ1) is 16.9. The summed E-state index contributed by atoms with van der Waals surface area (Å²) in [5.74, 6) is -0.555. The van der Waals surface area contributed by atoms with Crippen molar-refractivity contribution in [1.29, 1.82) is 0 Å². The average molecular weight is 514 g/mol. The van der Waals surface area contributed by atoms with Gasteiger partial charge in [0.2, 0.25) is 0 Å². The van der Waals surface area contributed by atoms with Crippen molar-refractivity contribution in [2.24, 2.45) is 0 Å². The molecule has 1 fully saturated rings. The normalized spacial score (nSPS) is 13.3. The smallest absolute Gasteiger partial charge is 0.340 e. The van der Waals surface area contributed by atoms with Crippen LogP contribution >= 0.6 is 22.9 Å². The highest BCUT2D eigenvalue weighted by atomic mass is 35.5. The quantitative estimate of drug-likeness (QED) is 0.477. The van der Waals surface area contributed by atoms with Gasteiger partial charge in [0.1, 0.15) is 5.75 Å². The molecule has 2 aromatic carbocycles. The molecule has 1 aromatic heterocycles. The molecule has 2 amide bonds. The molecule has 0 spiro atoms. The van der Waals surface area contributed by atoms with Crippen molar-refractivity contribution in [3.63, 3.8) is 0 Å². The minimum atomic E-state index is -0.714. The van der Waals surface area contributed by atoms with Crippen molar-refractivity contribution < 1.29 is 23.9 Å². The zero-order chi connectivity index (χ0) is 24.8. The van der Waals surface area contributed by atoms with Crippen LogP contribution in [0.4, 0.5) is 11.4 Å². The molecule has 1 aliphatic heterocycles. The molecule has 8 nitrogen and oxygen atoms in total. The monoisotopic (exact) mass is 513 g/mol. The molecule has 0 aliphatic carbocycles. The molecule has 1 aliphatic rings. The Kier molecular flexibility index (Phi) is 7.89. The Hall–Kier alpha value is -3.56. The van der Waals surface area contributed by atoms with E-state index in [4.69, 9.17) is 21.1 Å². The number of nitrogens with zero attached hydrogens (tertiary/aromatic N) is 2. The van der Waals surface area contributed by atoms with Gasteiger partial charge in [0, 0.05) is 36.9 Å². The number of halogens is 1. The molecule has 1 saturated heterocycles. The number of benzene rings is 2. The highest BCUT2D eigenvalue weighted by Crippen LogP contribution is 2.24. The van der Waals surface area contributed by atoms with E-state index in [1.165, 1.54) is 29.5 Å². The zero-order valence-corrected chi connectivity index (χ0v) is 20.6. The van der Waals surface area contributed by atoms with Gasteiger partial charge < -0.3 is 24.6 Å². The third-order valence-corrected chi connectivity index (χ3v) is 6.70. The van der Waals surface area contributed by atoms with Crippen LogP contribution in [0.25, 0.3) is 0 Å². The van der Waals surface area contributed by atoms with E-state index < -0.39 is 5.97 Å². The number of hydrogen-bond acceptors (Lipinski definition) is 7. The third kappa shape index (κ3) is 6.12. The number of esters is 1. The van der Waals surface area contributed by atoms with Crippen LogP contribution in [0.15, 0.2) is 60.0 Å². The summed E-state index contributed by atoms with van der Waals surface area (Å²) in [5, 5.41) is 4.83. The molecule has 0 atom stereocenters. The molecule has 10 heteroatoms. The topological polar surface area (TPSA) is 88.2 Å². The van der Waals surface area contributed by atoms with Gasteiger partial charge in [-0.3, -0.25) is 9.59 Å². The maximum absolute atomic E-state index is 12.7. The van der Waals surface area contributed by atoms with Crippen LogP contribution in [-0.2, 0) is 9.53 Å². The number of hydrogen-bond donors (Lipinski definition) is 1. The Balaban J connectivity index is 1.31. The van der Waals surface area contributed by atoms with Gasteiger partial charge in [-0.1, -0.05) is 17.7 Å². The van der Waals surface area contributed by atoms with E-state index in [0.717, 1.165) is 11.4 Å². The molecule has 0 bridgehead atoms. The van der Waals surface area contributed by atoms with Crippen molar-refractivity contribution in [2.45, 2.75) is 0 Å². The summed E-state index contributed by atoms with van der Waals surface area (Å²) < 4.78 is 10.5. The molecule has 1 N–H and O–H groups in total. The van der Waals surface area contributed by atoms with Gasteiger partial charge in [0.05, 0.1) is 23.2 Å². The first-order valence-corrected chi connectivity index (χ1v) is 12.2. The second kappa shape index (κ2) is 11.2. The summed E-state index contributed by atoms with van der Waals surface area (Å²) in [6.45, 7) is 1.99. The molecular weight excluding hydrogens is 490 g/mol. The van der Waals surface area contributed by atoms with Gasteiger partial charge in [-0.25, -0.2) is 4.79 Å². The van der Waals surface area contributed by atoms with Gasteiger partial charge in [-0.15, -0.1) is 11.3 Å². The molecule has 0 radical (unpaired) electrons. The highest BCUT2D eigenvalue weighted by molar-refractivity contribution is 7.12. The fourth-order valence-corrected chi connectivity index (χ4v) is 4.48. The minimum Gasteiger partial charge on any atom is -0.497 e. The minimum absolute atomic E-state index is 0.122. The number of thiophene rings is 1. The van der Waals surface area contributed by atoms with Crippen molar-refractivity contribution in [3.8, 4) is 5.75 Å². The number of methoxy groups -OCH3 is 1. The van der Waals surface area contributed by atoms with E-state index in [-0.39, 0.29) is 29.7 Å². The van der Waals surface area contributed by atoms with E-state index in [0.29, 0.717) is 36.1 Å². The fourth-order valence-electron chi connectivity index (χ4n) is 3.69. The second-order valence-electron chi connectivity index (χ2n) is 7.76. The van der Waals surface area contributed by atoms with Gasteiger partial charge in [0.25, 0.3) is 11.8 Å². The first-order valence-electron chi connectivity index (χ1n) is 10.9. The average Bonchev–Trinajstić information content (AvgIpc) is 3.43. The lowest BCUT2D eigenvalue weighted by Crippen LogP contribution is -2.49. The fraction of sp³-hybridized carbons (Fsp3) is 0.240. The molecule has 0 unspecified atom stereocenters. The van der Waals surface area contributed by atoms with Crippen molar-refractivity contribution in [1.82, 2.24) is 4.90 Å². The van der Waals surface area contributed by atoms with E-state index >= 15 is 0 Å². The van der Waals surface area contributed by atoms with Crippen LogP contribution in [0.1, 0.15) is 20.0 Å². The molecule has 3 aromatic rings. The Morgan fingerprint density at radius 2 is 1.77 bits per heavy atom. The van der Waals surface area contributed by atoms with Crippen molar-refractivity contribution >= 4 is 52.1 Å². The number of anilines is 2. The number of carbonyl (C=O) groups excluding carboxylic acids is 3. The SMILES string of the molecule is COc1ccc(N2CCN(C(=O)COC(=O)c3ccc(Cl)cc3NC(=O)c3cccs3)CC2)cc1. The summed E-state index contributed by atoms with van der Waals surface area (Å²) in [6, 6.07) is 15.7. The Labute approximate surface area is 212 Å². The van der Waals surface area contributed by atoms with Crippen molar-refractivity contribution in [3.05, 3.63) is 75.4 Å². The number of ether oxygens (including phenoxy) is 2. The van der Waals surface area contributed by atoms with E-state index in [1.54, 1.807) is 29.5 Å². The molecule has 2 heterocycles. The second-order valence-corrected chi connectivity index (χ2v) is 9.15. The number of carbonyl (C=O) groups is 3. The zero-order valence-electron chi connectivity index (χ0n) is 19.0. The van der Waals surface area contributed by atoms with Crippen LogP contribution in [0.5, 0.6) is 5.75 Å². The number of piperazine rings is 1. The van der Waals surface area contributed by atoms with Gasteiger partial charge >= 0.3 is 5.97 Å². The maximum atomic E-state index is 12.7. The maximum Gasteiger partial charge on any atom is 0.340 e. The van der Waals surface area contributed by atoms with Gasteiger partial charge in [-0.2, -0.15) is 0 Å². The van der Waals surface area contributed by atoms with E-state index in [9.17, 15) is 14.4 Å². The van der Waals surface area contributed by atoms with E-state index in [1.807, 2.05) is 24.3 Å². The third-order valence-electron chi connectivity index (χ3n) is 5.59. The lowest BCUT2D eigenvalue weighted by atomic mass is 10.1. The summed E-state index contributed by atoms with van der Waals surface area (Å²) in [5.41, 5.74) is 1.40. The molecule has 4 rings (SSSR count). The Bertz CT molecular complexity index is 1190. The largest absolute Gasteiger partial charge is 0.497 e. The molecular formula is C25H24ClN3O5S. The summed E-state index contributed by atoms with van der Waals surface area (Å²) in [7, 11) is 1.63. The first kappa shape index (κ1) is 24.6. The lowest BCUT2D eigenvalue weighted by Gasteiger charge is -2.36. The Morgan fingerprint density at radius 1 is 1.03 bits per heavy atom. The molecule has 0 saturated carbocycles. The number of nitrogens with one attached hydrogen (secondary N) is 1. The van der Waals surface area contributed by atoms with Gasteiger partial charge in [-0.05, 0) is 53.9 Å². The predicted octanol–water partition coefficient (Wildman–Crippen LogP) is 4.17. The summed E-state index contributed by atoms with van der Waals surface area (Å²) >= 11 is 7.34. The number of amides is 2. The number of rotatable bonds is 7. The summed E-state index contributed by atoms with van der Waals surface area (Å²) in [4.78, 5) is 42.2. The van der Waals surface area contributed by atoms with Gasteiger partial charge in [0.15, 0.2) is 6.61 Å².